The maximum Gasteiger partial charge on any atom is 0.262 e. The molecule has 0 saturated carbocycles. The van der Waals surface area contributed by atoms with Gasteiger partial charge in [-0.15, -0.1) is 0 Å². The highest BCUT2D eigenvalue weighted by atomic mass is 79.9. The maximum atomic E-state index is 13.0. The smallest absolute Gasteiger partial charge is 0.262 e. The summed E-state index contributed by atoms with van der Waals surface area (Å²) in [5.41, 5.74) is 3.10. The number of hydrogen-bond acceptors (Lipinski definition) is 4. The van der Waals surface area contributed by atoms with Crippen molar-refractivity contribution in [2.75, 3.05) is 16.6 Å². The second kappa shape index (κ2) is 10.8. The van der Waals surface area contributed by atoms with E-state index in [0.717, 1.165) is 34.1 Å². The van der Waals surface area contributed by atoms with Crippen LogP contribution in [0.5, 0.6) is 5.75 Å². The number of nitrogens with one attached hydrogen (secondary N) is 2. The Hall–Kier alpha value is -2.91. The molecule has 6 nitrogen and oxygen atoms in total. The largest absolute Gasteiger partial charge is 0.484 e. The van der Waals surface area contributed by atoms with Crippen LogP contribution in [-0.2, 0) is 27.7 Å². The predicted molar refractivity (Wildman–Crippen MR) is 131 cm³/mol. The molecule has 0 aliphatic carbocycles. The zero-order valence-corrected chi connectivity index (χ0v) is 20.6. The van der Waals surface area contributed by atoms with Crippen LogP contribution in [-0.4, -0.2) is 20.9 Å². The van der Waals surface area contributed by atoms with Gasteiger partial charge in [0.2, 0.25) is 0 Å². The van der Waals surface area contributed by atoms with Crippen molar-refractivity contribution in [1.29, 1.82) is 0 Å². The van der Waals surface area contributed by atoms with Gasteiger partial charge in [-0.3, -0.25) is 9.52 Å². The van der Waals surface area contributed by atoms with E-state index in [2.05, 4.69) is 26.0 Å². The van der Waals surface area contributed by atoms with Crippen molar-refractivity contribution in [3.8, 4) is 5.75 Å². The third kappa shape index (κ3) is 6.55. The quantitative estimate of drug-likeness (QED) is 0.378. The minimum absolute atomic E-state index is 0.0127. The van der Waals surface area contributed by atoms with Crippen LogP contribution < -0.4 is 14.8 Å². The monoisotopic (exact) mass is 534 g/mol. The number of rotatable bonds is 9. The van der Waals surface area contributed by atoms with E-state index >= 15 is 0 Å². The van der Waals surface area contributed by atoms with E-state index in [1.54, 1.807) is 0 Å². The summed E-state index contributed by atoms with van der Waals surface area (Å²) in [6.07, 6.45) is 1.54. The topological polar surface area (TPSA) is 84.5 Å². The van der Waals surface area contributed by atoms with Crippen LogP contribution in [0, 0.1) is 5.82 Å². The summed E-state index contributed by atoms with van der Waals surface area (Å²) >= 11 is 3.50. The van der Waals surface area contributed by atoms with E-state index < -0.39 is 15.8 Å². The Kier molecular flexibility index (Phi) is 8.10. The Labute approximate surface area is 201 Å². The molecular weight excluding hydrogens is 511 g/mol. The number of halogens is 2. The summed E-state index contributed by atoms with van der Waals surface area (Å²) in [6, 6.07) is 14.7. The second-order valence-electron chi connectivity index (χ2n) is 7.23. The van der Waals surface area contributed by atoms with E-state index in [1.807, 2.05) is 26.0 Å². The second-order valence-corrected chi connectivity index (χ2v) is 9.82. The van der Waals surface area contributed by atoms with Gasteiger partial charge in [0.1, 0.15) is 11.6 Å². The van der Waals surface area contributed by atoms with Crippen LogP contribution in [0.1, 0.15) is 25.0 Å². The molecule has 174 valence electrons. The number of anilines is 2. The number of carbonyl (C=O) groups is 1. The molecule has 0 bridgehead atoms. The summed E-state index contributed by atoms with van der Waals surface area (Å²) in [7, 11) is -3.84. The van der Waals surface area contributed by atoms with Crippen LogP contribution in [0.3, 0.4) is 0 Å². The molecule has 3 aromatic carbocycles. The molecule has 0 aliphatic heterocycles. The molecule has 0 unspecified atom stereocenters. The Bertz CT molecular complexity index is 1210. The zero-order valence-electron chi connectivity index (χ0n) is 18.2. The van der Waals surface area contributed by atoms with Crippen LogP contribution >= 0.6 is 15.9 Å². The summed E-state index contributed by atoms with van der Waals surface area (Å²) < 4.78 is 46.9. The van der Waals surface area contributed by atoms with Gasteiger partial charge in [-0.1, -0.05) is 29.8 Å². The van der Waals surface area contributed by atoms with Crippen molar-refractivity contribution >= 4 is 43.2 Å². The molecule has 0 atom stereocenters. The SMILES string of the molecule is CCc1cc(Br)cc(CC)c1NC(=O)COc1ccc(S(=O)(=O)Nc2ccc(F)cc2)cc1. The Morgan fingerprint density at radius 2 is 1.55 bits per heavy atom. The van der Waals surface area contributed by atoms with Gasteiger partial charge >= 0.3 is 0 Å². The van der Waals surface area contributed by atoms with Gasteiger partial charge in [0.25, 0.3) is 15.9 Å². The van der Waals surface area contributed by atoms with Crippen molar-refractivity contribution in [2.45, 2.75) is 31.6 Å². The molecule has 0 saturated heterocycles. The number of amides is 1. The van der Waals surface area contributed by atoms with Crippen molar-refractivity contribution in [2.24, 2.45) is 0 Å². The van der Waals surface area contributed by atoms with Crippen LogP contribution in [0.4, 0.5) is 15.8 Å². The number of carbonyl (C=O) groups excluding carboxylic acids is 1. The molecule has 9 heteroatoms. The lowest BCUT2D eigenvalue weighted by Gasteiger charge is -2.16. The normalized spacial score (nSPS) is 11.2. The standard InChI is InChI=1S/C24H24BrFN2O4S/c1-3-16-13-18(25)14-17(4-2)24(16)27-23(29)15-32-21-9-11-22(12-10-21)33(30,31)28-20-7-5-19(26)6-8-20/h5-14,28H,3-4,15H2,1-2H3,(H,27,29). The predicted octanol–water partition coefficient (Wildman–Crippen LogP) is 5.53. The molecule has 0 spiro atoms. The highest BCUT2D eigenvalue weighted by Gasteiger charge is 2.15. The average Bonchev–Trinajstić information content (AvgIpc) is 2.80. The highest BCUT2D eigenvalue weighted by molar-refractivity contribution is 9.10. The molecule has 0 aliphatic rings. The number of benzene rings is 3. The molecule has 0 aromatic heterocycles. The Balaban J connectivity index is 1.63. The lowest BCUT2D eigenvalue weighted by molar-refractivity contribution is -0.118. The van der Waals surface area contributed by atoms with E-state index in [0.29, 0.717) is 5.75 Å². The van der Waals surface area contributed by atoms with Gasteiger partial charge < -0.3 is 10.1 Å². The summed E-state index contributed by atoms with van der Waals surface area (Å²) in [5.74, 6) is -0.412. The first kappa shape index (κ1) is 24.7. The van der Waals surface area contributed by atoms with Gasteiger partial charge in [-0.25, -0.2) is 12.8 Å². The Morgan fingerprint density at radius 3 is 2.09 bits per heavy atom. The first-order valence-electron chi connectivity index (χ1n) is 10.3. The molecule has 2 N–H and O–H groups in total. The number of aryl methyl sites for hydroxylation is 2. The summed E-state index contributed by atoms with van der Waals surface area (Å²) in [6.45, 7) is 3.82. The Morgan fingerprint density at radius 1 is 0.970 bits per heavy atom. The summed E-state index contributed by atoms with van der Waals surface area (Å²) in [5, 5.41) is 2.93. The molecule has 3 rings (SSSR count). The summed E-state index contributed by atoms with van der Waals surface area (Å²) in [4.78, 5) is 12.5. The van der Waals surface area contributed by atoms with Crippen molar-refractivity contribution in [3.63, 3.8) is 0 Å². The third-order valence-corrected chi connectivity index (χ3v) is 6.75. The van der Waals surface area contributed by atoms with E-state index in [-0.39, 0.29) is 23.1 Å². The maximum absolute atomic E-state index is 13.0. The van der Waals surface area contributed by atoms with E-state index in [1.165, 1.54) is 48.5 Å². The molecule has 33 heavy (non-hydrogen) atoms. The first-order chi connectivity index (χ1) is 15.7. The van der Waals surface area contributed by atoms with Gasteiger partial charge in [0, 0.05) is 15.8 Å². The van der Waals surface area contributed by atoms with Crippen LogP contribution in [0.15, 0.2) is 70.0 Å². The van der Waals surface area contributed by atoms with E-state index in [4.69, 9.17) is 4.74 Å². The first-order valence-corrected chi connectivity index (χ1v) is 12.6. The van der Waals surface area contributed by atoms with Gasteiger partial charge in [0.05, 0.1) is 4.90 Å². The van der Waals surface area contributed by atoms with Gasteiger partial charge in [-0.2, -0.15) is 0 Å². The van der Waals surface area contributed by atoms with E-state index in [9.17, 15) is 17.6 Å². The molecular formula is C24H24BrFN2O4S. The third-order valence-electron chi connectivity index (χ3n) is 4.89. The number of hydrogen-bond donors (Lipinski definition) is 2. The fourth-order valence-corrected chi connectivity index (χ4v) is 4.83. The number of sulfonamides is 1. The molecule has 0 radical (unpaired) electrons. The van der Waals surface area contributed by atoms with Crippen LogP contribution in [0.2, 0.25) is 0 Å². The van der Waals surface area contributed by atoms with Crippen molar-refractivity contribution in [1.82, 2.24) is 0 Å². The minimum Gasteiger partial charge on any atom is -0.484 e. The molecule has 1 amide bonds. The average molecular weight is 535 g/mol. The fraction of sp³-hybridized carbons (Fsp3) is 0.208. The van der Waals surface area contributed by atoms with Gasteiger partial charge in [-0.05, 0) is 84.6 Å². The fourth-order valence-electron chi connectivity index (χ4n) is 3.21. The number of ether oxygens (including phenoxy) is 1. The zero-order chi connectivity index (χ0) is 24.0. The highest BCUT2D eigenvalue weighted by Crippen LogP contribution is 2.27. The van der Waals surface area contributed by atoms with Crippen molar-refractivity contribution < 1.29 is 22.3 Å². The lowest BCUT2D eigenvalue weighted by Crippen LogP contribution is -2.22. The van der Waals surface area contributed by atoms with Gasteiger partial charge in [0.15, 0.2) is 6.61 Å². The lowest BCUT2D eigenvalue weighted by atomic mass is 10.0. The molecule has 3 aromatic rings. The molecule has 0 fully saturated rings. The molecule has 0 heterocycles. The van der Waals surface area contributed by atoms with Crippen molar-refractivity contribution in [3.05, 3.63) is 82.1 Å². The minimum atomic E-state index is -3.84. The van der Waals surface area contributed by atoms with Crippen LogP contribution in [0.25, 0.3) is 0 Å².